The molecule has 1 nitrogen and oxygen atoms in total. The minimum Gasteiger partial charge on any atom is -0.389 e. The van der Waals surface area contributed by atoms with Crippen molar-refractivity contribution in [2.45, 2.75) is 30.3 Å². The summed E-state index contributed by atoms with van der Waals surface area (Å²) in [5, 5.41) is 9.09. The standard InChI is InChI=1S/C5H11IO/c1-4(6)5(2,3)7/h4,7H,1-3H3. The van der Waals surface area contributed by atoms with E-state index < -0.39 is 5.60 Å². The molecule has 0 aliphatic heterocycles. The van der Waals surface area contributed by atoms with Crippen molar-refractivity contribution in [1.82, 2.24) is 0 Å². The molecule has 1 N–H and O–H groups in total. The zero-order valence-electron chi connectivity index (χ0n) is 4.90. The molecule has 0 amide bonds. The van der Waals surface area contributed by atoms with Gasteiger partial charge < -0.3 is 5.11 Å². The fourth-order valence-electron chi connectivity index (χ4n) is 0. The third kappa shape index (κ3) is 3.29. The van der Waals surface area contributed by atoms with Gasteiger partial charge in [-0.15, -0.1) is 0 Å². The van der Waals surface area contributed by atoms with Gasteiger partial charge in [0.15, 0.2) is 0 Å². The van der Waals surface area contributed by atoms with Crippen molar-refractivity contribution in [3.63, 3.8) is 0 Å². The zero-order valence-corrected chi connectivity index (χ0v) is 7.06. The van der Waals surface area contributed by atoms with Crippen LogP contribution in [0.15, 0.2) is 0 Å². The van der Waals surface area contributed by atoms with E-state index in [1.54, 1.807) is 0 Å². The molecule has 0 rings (SSSR count). The average Bonchev–Trinajstić information content (AvgIpc) is 1.31. The molecule has 0 fully saturated rings. The highest BCUT2D eigenvalue weighted by molar-refractivity contribution is 14.1. The van der Waals surface area contributed by atoms with E-state index in [-0.39, 0.29) is 0 Å². The van der Waals surface area contributed by atoms with Gasteiger partial charge in [-0.05, 0) is 13.8 Å². The lowest BCUT2D eigenvalue weighted by atomic mass is 10.1. The first-order valence-corrected chi connectivity index (χ1v) is 3.55. The highest BCUT2D eigenvalue weighted by Gasteiger charge is 2.17. The van der Waals surface area contributed by atoms with E-state index in [1.165, 1.54) is 0 Å². The maximum Gasteiger partial charge on any atom is 0.0706 e. The molecule has 0 aromatic rings. The molecule has 0 aromatic heterocycles. The van der Waals surface area contributed by atoms with Crippen LogP contribution in [0.4, 0.5) is 0 Å². The van der Waals surface area contributed by atoms with Gasteiger partial charge in [-0.3, -0.25) is 0 Å². The normalized spacial score (nSPS) is 16.7. The Morgan fingerprint density at radius 2 is 1.71 bits per heavy atom. The summed E-state index contributed by atoms with van der Waals surface area (Å²) in [5.41, 5.74) is -0.513. The molecular weight excluding hydrogens is 203 g/mol. The van der Waals surface area contributed by atoms with Crippen molar-refractivity contribution in [1.29, 1.82) is 0 Å². The molecule has 0 aliphatic carbocycles. The lowest BCUT2D eigenvalue weighted by molar-refractivity contribution is 0.0869. The minimum absolute atomic E-state index is 0.324. The van der Waals surface area contributed by atoms with E-state index in [1.807, 2.05) is 20.8 Å². The van der Waals surface area contributed by atoms with Gasteiger partial charge in [0.2, 0.25) is 0 Å². The Kier molecular flexibility index (Phi) is 2.53. The average molecular weight is 214 g/mol. The number of alkyl halides is 1. The van der Waals surface area contributed by atoms with Gasteiger partial charge in [0, 0.05) is 3.92 Å². The molecule has 2 heteroatoms. The zero-order chi connectivity index (χ0) is 6.08. The van der Waals surface area contributed by atoms with Crippen LogP contribution in [0.5, 0.6) is 0 Å². The summed E-state index contributed by atoms with van der Waals surface area (Å²) in [7, 11) is 0. The van der Waals surface area contributed by atoms with Crippen LogP contribution in [0.25, 0.3) is 0 Å². The van der Waals surface area contributed by atoms with Crippen molar-refractivity contribution in [2.75, 3.05) is 0 Å². The molecule has 1 atom stereocenters. The lowest BCUT2D eigenvalue weighted by Crippen LogP contribution is -2.28. The van der Waals surface area contributed by atoms with E-state index in [4.69, 9.17) is 5.11 Å². The molecule has 7 heavy (non-hydrogen) atoms. The Morgan fingerprint density at radius 1 is 1.57 bits per heavy atom. The van der Waals surface area contributed by atoms with Gasteiger partial charge in [-0.2, -0.15) is 0 Å². The molecule has 0 saturated heterocycles. The monoisotopic (exact) mass is 214 g/mol. The summed E-state index contributed by atoms with van der Waals surface area (Å²) in [5.74, 6) is 0. The molecule has 0 aliphatic rings. The quantitative estimate of drug-likeness (QED) is 0.519. The number of halogens is 1. The molecule has 0 saturated carbocycles. The molecular formula is C5H11IO. The summed E-state index contributed by atoms with van der Waals surface area (Å²) >= 11 is 2.20. The highest BCUT2D eigenvalue weighted by atomic mass is 127. The van der Waals surface area contributed by atoms with E-state index in [0.29, 0.717) is 3.92 Å². The van der Waals surface area contributed by atoms with Crippen molar-refractivity contribution >= 4 is 22.6 Å². The Morgan fingerprint density at radius 3 is 1.71 bits per heavy atom. The smallest absolute Gasteiger partial charge is 0.0706 e. The second-order valence-corrected chi connectivity index (χ2v) is 4.14. The van der Waals surface area contributed by atoms with Crippen LogP contribution in [-0.2, 0) is 0 Å². The minimum atomic E-state index is -0.513. The first kappa shape index (κ1) is 7.69. The maximum absolute atomic E-state index is 9.09. The Hall–Kier alpha value is 0.690. The number of hydrogen-bond acceptors (Lipinski definition) is 1. The van der Waals surface area contributed by atoms with Gasteiger partial charge >= 0.3 is 0 Å². The molecule has 0 radical (unpaired) electrons. The first-order valence-electron chi connectivity index (χ1n) is 2.31. The Balaban J connectivity index is 3.54. The summed E-state index contributed by atoms with van der Waals surface area (Å²) in [6.45, 7) is 5.61. The number of hydrogen-bond donors (Lipinski definition) is 1. The van der Waals surface area contributed by atoms with Crippen molar-refractivity contribution in [2.24, 2.45) is 0 Å². The van der Waals surface area contributed by atoms with Crippen LogP contribution in [0.2, 0.25) is 0 Å². The fraction of sp³-hybridized carbons (Fsp3) is 1.00. The summed E-state index contributed by atoms with van der Waals surface area (Å²) < 4.78 is 0.324. The number of aliphatic hydroxyl groups is 1. The van der Waals surface area contributed by atoms with Crippen LogP contribution >= 0.6 is 22.6 Å². The second kappa shape index (κ2) is 2.31. The van der Waals surface area contributed by atoms with Crippen LogP contribution in [0.3, 0.4) is 0 Å². The Bertz CT molecular complexity index is 53.6. The van der Waals surface area contributed by atoms with Crippen molar-refractivity contribution in [3.8, 4) is 0 Å². The van der Waals surface area contributed by atoms with E-state index in [0.717, 1.165) is 0 Å². The number of rotatable bonds is 1. The molecule has 0 bridgehead atoms. The third-order valence-electron chi connectivity index (χ3n) is 0.973. The molecule has 44 valence electrons. The molecule has 0 aromatic carbocycles. The van der Waals surface area contributed by atoms with Crippen LogP contribution in [-0.4, -0.2) is 14.6 Å². The van der Waals surface area contributed by atoms with Gasteiger partial charge in [0.1, 0.15) is 0 Å². The summed E-state index contributed by atoms with van der Waals surface area (Å²) in [4.78, 5) is 0. The first-order chi connectivity index (χ1) is 2.94. The van der Waals surface area contributed by atoms with Crippen LogP contribution in [0, 0.1) is 0 Å². The topological polar surface area (TPSA) is 20.2 Å². The predicted octanol–water partition coefficient (Wildman–Crippen LogP) is 1.58. The van der Waals surface area contributed by atoms with E-state index in [9.17, 15) is 0 Å². The summed E-state index contributed by atoms with van der Waals surface area (Å²) in [6.07, 6.45) is 0. The van der Waals surface area contributed by atoms with E-state index in [2.05, 4.69) is 22.6 Å². The molecule has 0 heterocycles. The highest BCUT2D eigenvalue weighted by Crippen LogP contribution is 2.15. The predicted molar refractivity (Wildman–Crippen MR) is 39.8 cm³/mol. The SMILES string of the molecule is CC(I)C(C)(C)O. The van der Waals surface area contributed by atoms with Gasteiger partial charge in [0.05, 0.1) is 5.60 Å². The lowest BCUT2D eigenvalue weighted by Gasteiger charge is -2.19. The third-order valence-corrected chi connectivity index (χ3v) is 2.50. The maximum atomic E-state index is 9.09. The van der Waals surface area contributed by atoms with E-state index >= 15 is 0 Å². The van der Waals surface area contributed by atoms with Crippen molar-refractivity contribution in [3.05, 3.63) is 0 Å². The van der Waals surface area contributed by atoms with Gasteiger partial charge in [0.25, 0.3) is 0 Å². The molecule has 1 unspecified atom stereocenters. The second-order valence-electron chi connectivity index (χ2n) is 2.27. The van der Waals surface area contributed by atoms with Crippen LogP contribution < -0.4 is 0 Å². The Labute approximate surface area is 58.3 Å². The molecule has 0 spiro atoms. The summed E-state index contributed by atoms with van der Waals surface area (Å²) in [6, 6.07) is 0. The van der Waals surface area contributed by atoms with Crippen LogP contribution in [0.1, 0.15) is 20.8 Å². The largest absolute Gasteiger partial charge is 0.389 e. The van der Waals surface area contributed by atoms with Gasteiger partial charge in [-0.1, -0.05) is 29.5 Å². The fourth-order valence-corrected chi connectivity index (χ4v) is 0. The van der Waals surface area contributed by atoms with Gasteiger partial charge in [-0.25, -0.2) is 0 Å². The van der Waals surface area contributed by atoms with Crippen molar-refractivity contribution < 1.29 is 5.11 Å².